The first-order valence-corrected chi connectivity index (χ1v) is 10.3. The molecule has 0 bridgehead atoms. The fourth-order valence-corrected chi connectivity index (χ4v) is 4.52. The van der Waals surface area contributed by atoms with Crippen LogP contribution in [-0.4, -0.2) is 23.3 Å². The monoisotopic (exact) mass is 524 g/mol. The first-order valence-electron chi connectivity index (χ1n) is 8.69. The number of carbonyl (C=O) groups is 2. The number of carbonyl (C=O) groups excluding carboxylic acids is 2. The summed E-state index contributed by atoms with van der Waals surface area (Å²) in [5, 5.41) is 14.3. The van der Waals surface area contributed by atoms with Gasteiger partial charge in [0, 0.05) is 27.1 Å². The first kappa shape index (κ1) is 21.3. The predicted octanol–water partition coefficient (Wildman–Crippen LogP) is 4.60. The van der Waals surface area contributed by atoms with Crippen LogP contribution in [0.25, 0.3) is 0 Å². The van der Waals surface area contributed by atoms with Crippen molar-refractivity contribution < 1.29 is 14.5 Å². The van der Waals surface area contributed by atoms with Gasteiger partial charge in [-0.1, -0.05) is 0 Å². The van der Waals surface area contributed by atoms with E-state index in [1.165, 1.54) is 29.2 Å². The molecule has 0 aromatic heterocycles. The van der Waals surface area contributed by atoms with Crippen LogP contribution in [-0.2, 0) is 10.2 Å². The lowest BCUT2D eigenvalue weighted by molar-refractivity contribution is -0.383. The molecular formula is C19H18Br2N4O4. The first-order chi connectivity index (χ1) is 13.5. The Bertz CT molecular complexity index is 1050. The minimum atomic E-state index is -0.854. The zero-order valence-corrected chi connectivity index (χ0v) is 19.0. The molecule has 0 atom stereocenters. The van der Waals surface area contributed by atoms with Gasteiger partial charge in [-0.3, -0.25) is 19.7 Å². The molecule has 1 aliphatic rings. The minimum absolute atomic E-state index is 0.0293. The zero-order chi connectivity index (χ0) is 21.7. The molecule has 1 heterocycles. The van der Waals surface area contributed by atoms with Gasteiger partial charge in [0.1, 0.15) is 5.69 Å². The molecule has 0 unspecified atom stereocenters. The SMILES string of the molecule is CCN1C(=O)C(C)(C)c2cc(NC(=O)c3cc(Br)c(N)c(Br)c3)c([N+](=O)[O-])cc21. The van der Waals surface area contributed by atoms with E-state index in [1.54, 1.807) is 20.8 Å². The second kappa shape index (κ2) is 7.42. The van der Waals surface area contributed by atoms with Crippen LogP contribution in [0.2, 0.25) is 0 Å². The van der Waals surface area contributed by atoms with Gasteiger partial charge in [0.05, 0.1) is 21.7 Å². The molecule has 8 nitrogen and oxygen atoms in total. The van der Waals surface area contributed by atoms with Crippen LogP contribution in [0.15, 0.2) is 33.2 Å². The number of nitrogens with zero attached hydrogens (tertiary/aromatic N) is 2. The zero-order valence-electron chi connectivity index (χ0n) is 15.9. The smallest absolute Gasteiger partial charge is 0.294 e. The molecule has 29 heavy (non-hydrogen) atoms. The Hall–Kier alpha value is -2.46. The van der Waals surface area contributed by atoms with Crippen molar-refractivity contribution in [1.82, 2.24) is 0 Å². The van der Waals surface area contributed by atoms with Crippen LogP contribution in [0.5, 0.6) is 0 Å². The number of nitro benzene ring substituents is 1. The van der Waals surface area contributed by atoms with E-state index in [9.17, 15) is 19.7 Å². The van der Waals surface area contributed by atoms with Crippen LogP contribution in [0.4, 0.5) is 22.7 Å². The van der Waals surface area contributed by atoms with E-state index in [4.69, 9.17) is 5.73 Å². The lowest BCUT2D eigenvalue weighted by atomic mass is 9.85. The third-order valence-corrected chi connectivity index (χ3v) is 6.27. The van der Waals surface area contributed by atoms with Gasteiger partial charge in [-0.2, -0.15) is 0 Å². The highest BCUT2D eigenvalue weighted by Gasteiger charge is 2.44. The summed E-state index contributed by atoms with van der Waals surface area (Å²) >= 11 is 6.56. The van der Waals surface area contributed by atoms with Gasteiger partial charge in [0.25, 0.3) is 11.6 Å². The van der Waals surface area contributed by atoms with Crippen molar-refractivity contribution in [2.45, 2.75) is 26.2 Å². The lowest BCUT2D eigenvalue weighted by Gasteiger charge is -2.18. The summed E-state index contributed by atoms with van der Waals surface area (Å²) in [6.45, 7) is 5.72. The molecular weight excluding hydrogens is 508 g/mol. The molecule has 0 spiro atoms. The largest absolute Gasteiger partial charge is 0.397 e. The maximum Gasteiger partial charge on any atom is 0.294 e. The number of nitro groups is 1. The Morgan fingerprint density at radius 1 is 1.24 bits per heavy atom. The summed E-state index contributed by atoms with van der Waals surface area (Å²) in [6.07, 6.45) is 0. The number of amides is 2. The van der Waals surface area contributed by atoms with Crippen molar-refractivity contribution in [2.24, 2.45) is 0 Å². The van der Waals surface area contributed by atoms with Crippen molar-refractivity contribution in [1.29, 1.82) is 0 Å². The van der Waals surface area contributed by atoms with Crippen LogP contribution in [0.3, 0.4) is 0 Å². The van der Waals surface area contributed by atoms with Gasteiger partial charge in [0.2, 0.25) is 5.91 Å². The topological polar surface area (TPSA) is 119 Å². The highest BCUT2D eigenvalue weighted by molar-refractivity contribution is 9.11. The van der Waals surface area contributed by atoms with Gasteiger partial charge in [-0.05, 0) is 76.4 Å². The average molecular weight is 526 g/mol. The average Bonchev–Trinajstić information content (AvgIpc) is 2.84. The van der Waals surface area contributed by atoms with Crippen molar-refractivity contribution in [3.8, 4) is 0 Å². The molecule has 2 aromatic carbocycles. The van der Waals surface area contributed by atoms with E-state index in [-0.39, 0.29) is 22.8 Å². The standard InChI is InChI=1S/C19H18Br2N4O4/c1-4-24-14-8-15(25(28)29)13(7-10(14)19(2,3)18(24)27)23-17(26)9-5-11(20)16(22)12(21)6-9/h5-8H,4,22H2,1-3H3,(H,23,26). The Kier molecular flexibility index (Phi) is 5.44. The number of fused-ring (bicyclic) bond motifs is 1. The minimum Gasteiger partial charge on any atom is -0.397 e. The second-order valence-electron chi connectivity index (χ2n) is 7.13. The molecule has 0 radical (unpaired) electrons. The van der Waals surface area contributed by atoms with Gasteiger partial charge in [0.15, 0.2) is 0 Å². The van der Waals surface area contributed by atoms with Crippen LogP contribution < -0.4 is 16.0 Å². The van der Waals surface area contributed by atoms with Crippen molar-refractivity contribution in [3.63, 3.8) is 0 Å². The van der Waals surface area contributed by atoms with Crippen LogP contribution in [0.1, 0.15) is 36.7 Å². The molecule has 10 heteroatoms. The van der Waals surface area contributed by atoms with E-state index in [2.05, 4.69) is 37.2 Å². The van der Waals surface area contributed by atoms with E-state index in [1.807, 2.05) is 0 Å². The van der Waals surface area contributed by atoms with Gasteiger partial charge in [-0.15, -0.1) is 0 Å². The fraction of sp³-hybridized carbons (Fsp3) is 0.263. The summed E-state index contributed by atoms with van der Waals surface area (Å²) in [4.78, 5) is 38.1. The number of nitrogens with one attached hydrogen (secondary N) is 1. The number of rotatable bonds is 4. The summed E-state index contributed by atoms with van der Waals surface area (Å²) in [5.41, 5.74) is 6.56. The number of nitrogen functional groups attached to an aromatic ring is 1. The van der Waals surface area contributed by atoms with Crippen molar-refractivity contribution >= 4 is 66.4 Å². The number of likely N-dealkylation sites (N-methyl/N-ethyl adjacent to an activating group) is 1. The van der Waals surface area contributed by atoms with Crippen LogP contribution >= 0.6 is 31.9 Å². The summed E-state index contributed by atoms with van der Waals surface area (Å²) in [7, 11) is 0. The highest BCUT2D eigenvalue weighted by Crippen LogP contribution is 2.46. The van der Waals surface area contributed by atoms with Gasteiger partial charge in [-0.25, -0.2) is 0 Å². The summed E-state index contributed by atoms with van der Waals surface area (Å²) in [5.74, 6) is -0.678. The van der Waals surface area contributed by atoms with E-state index in [0.29, 0.717) is 32.4 Å². The van der Waals surface area contributed by atoms with Crippen molar-refractivity contribution in [2.75, 3.05) is 22.5 Å². The number of nitrogens with two attached hydrogens (primary N) is 1. The summed E-state index contributed by atoms with van der Waals surface area (Å²) in [6, 6.07) is 5.91. The van der Waals surface area contributed by atoms with Gasteiger partial charge >= 0.3 is 0 Å². The Morgan fingerprint density at radius 3 is 2.34 bits per heavy atom. The van der Waals surface area contributed by atoms with E-state index in [0.717, 1.165) is 0 Å². The molecule has 0 fully saturated rings. The third-order valence-electron chi connectivity index (χ3n) is 4.96. The number of hydrogen-bond donors (Lipinski definition) is 2. The fourth-order valence-electron chi connectivity index (χ4n) is 3.34. The second-order valence-corrected chi connectivity index (χ2v) is 8.83. The molecule has 2 amide bonds. The molecule has 1 aliphatic heterocycles. The highest BCUT2D eigenvalue weighted by atomic mass is 79.9. The van der Waals surface area contributed by atoms with Gasteiger partial charge < -0.3 is 16.0 Å². The molecule has 0 saturated heterocycles. The number of halogens is 2. The van der Waals surface area contributed by atoms with Crippen LogP contribution in [0, 0.1) is 10.1 Å². The Morgan fingerprint density at radius 2 is 1.83 bits per heavy atom. The Labute approximate surface area is 183 Å². The quantitative estimate of drug-likeness (QED) is 0.343. The lowest BCUT2D eigenvalue weighted by Crippen LogP contribution is -2.35. The maximum absolute atomic E-state index is 12.8. The number of benzene rings is 2. The molecule has 0 aliphatic carbocycles. The van der Waals surface area contributed by atoms with E-state index >= 15 is 0 Å². The number of anilines is 3. The summed E-state index contributed by atoms with van der Waals surface area (Å²) < 4.78 is 1.04. The van der Waals surface area contributed by atoms with Crippen molar-refractivity contribution in [3.05, 3.63) is 54.5 Å². The number of hydrogen-bond acceptors (Lipinski definition) is 5. The third kappa shape index (κ3) is 3.51. The molecule has 152 valence electrons. The molecule has 3 N–H and O–H groups in total. The van der Waals surface area contributed by atoms with E-state index < -0.39 is 16.2 Å². The normalized spacial score (nSPS) is 14.7. The Balaban J connectivity index is 2.09. The molecule has 2 aromatic rings. The maximum atomic E-state index is 12.8. The molecule has 3 rings (SSSR count). The molecule has 0 saturated carbocycles. The predicted molar refractivity (Wildman–Crippen MR) is 118 cm³/mol.